The van der Waals surface area contributed by atoms with Gasteiger partial charge in [-0.25, -0.2) is 0 Å². The van der Waals surface area contributed by atoms with E-state index >= 15 is 0 Å². The Labute approximate surface area is 158 Å². The highest BCUT2D eigenvalue weighted by Crippen LogP contribution is 2.24. The summed E-state index contributed by atoms with van der Waals surface area (Å²) in [6.07, 6.45) is 1.51. The average Bonchev–Trinajstić information content (AvgIpc) is 3.04. The van der Waals surface area contributed by atoms with Crippen LogP contribution in [0.15, 0.2) is 42.5 Å². The molecule has 1 aliphatic rings. The second-order valence-electron chi connectivity index (χ2n) is 6.51. The van der Waals surface area contributed by atoms with Crippen LogP contribution in [0.2, 0.25) is 5.02 Å². The first-order chi connectivity index (χ1) is 12.4. The van der Waals surface area contributed by atoms with Crippen molar-refractivity contribution in [1.29, 1.82) is 0 Å². The van der Waals surface area contributed by atoms with Crippen molar-refractivity contribution in [2.24, 2.45) is 0 Å². The third-order valence-electron chi connectivity index (χ3n) is 4.49. The number of benzene rings is 2. The predicted octanol–water partition coefficient (Wildman–Crippen LogP) is 4.21. The normalized spacial score (nSPS) is 15.0. The maximum absolute atomic E-state index is 12.4. The molecule has 1 saturated heterocycles. The largest absolute Gasteiger partial charge is 0.374 e. The summed E-state index contributed by atoms with van der Waals surface area (Å²) < 4.78 is 0. The number of aryl methyl sites for hydroxylation is 1. The Bertz CT molecular complexity index is 820. The van der Waals surface area contributed by atoms with Crippen LogP contribution >= 0.6 is 11.6 Å². The van der Waals surface area contributed by atoms with Crippen LogP contribution in [0.25, 0.3) is 0 Å². The van der Waals surface area contributed by atoms with Crippen molar-refractivity contribution in [1.82, 2.24) is 0 Å². The van der Waals surface area contributed by atoms with Gasteiger partial charge in [-0.1, -0.05) is 17.7 Å². The summed E-state index contributed by atoms with van der Waals surface area (Å²) in [5, 5.41) is 6.65. The first-order valence-electron chi connectivity index (χ1n) is 8.68. The number of nitrogens with zero attached hydrogens (tertiary/aromatic N) is 1. The third-order valence-corrected chi connectivity index (χ3v) is 4.72. The van der Waals surface area contributed by atoms with Crippen LogP contribution in [0.5, 0.6) is 0 Å². The minimum Gasteiger partial charge on any atom is -0.374 e. The molecule has 26 heavy (non-hydrogen) atoms. The Morgan fingerprint density at radius 2 is 1.92 bits per heavy atom. The van der Waals surface area contributed by atoms with Gasteiger partial charge in [-0.15, -0.1) is 0 Å². The monoisotopic (exact) mass is 371 g/mol. The quantitative estimate of drug-likeness (QED) is 0.827. The molecule has 0 spiro atoms. The summed E-state index contributed by atoms with van der Waals surface area (Å²) in [4.78, 5) is 26.0. The fraction of sp³-hybridized carbons (Fsp3) is 0.300. The first-order valence-corrected chi connectivity index (χ1v) is 9.06. The van der Waals surface area contributed by atoms with Gasteiger partial charge in [-0.05, 0) is 62.2 Å². The van der Waals surface area contributed by atoms with Gasteiger partial charge in [-0.2, -0.15) is 0 Å². The van der Waals surface area contributed by atoms with Gasteiger partial charge >= 0.3 is 0 Å². The van der Waals surface area contributed by atoms with E-state index in [1.54, 1.807) is 24.0 Å². The number of anilines is 3. The van der Waals surface area contributed by atoms with Crippen LogP contribution < -0.4 is 15.5 Å². The molecule has 0 aromatic heterocycles. The van der Waals surface area contributed by atoms with E-state index in [1.165, 1.54) is 0 Å². The Morgan fingerprint density at radius 3 is 2.58 bits per heavy atom. The molecule has 2 N–H and O–H groups in total. The molecule has 3 rings (SSSR count). The van der Waals surface area contributed by atoms with Gasteiger partial charge < -0.3 is 15.5 Å². The molecule has 1 aliphatic heterocycles. The van der Waals surface area contributed by atoms with Crippen LogP contribution in [0, 0.1) is 6.92 Å². The van der Waals surface area contributed by atoms with Gasteiger partial charge in [0, 0.05) is 35.1 Å². The molecule has 0 unspecified atom stereocenters. The van der Waals surface area contributed by atoms with E-state index in [2.05, 4.69) is 10.6 Å². The van der Waals surface area contributed by atoms with E-state index in [9.17, 15) is 9.59 Å². The summed E-state index contributed by atoms with van der Waals surface area (Å²) in [6, 6.07) is 12.5. The van der Waals surface area contributed by atoms with Crippen molar-refractivity contribution < 1.29 is 9.59 Å². The van der Waals surface area contributed by atoms with Crippen molar-refractivity contribution >= 4 is 40.5 Å². The summed E-state index contributed by atoms with van der Waals surface area (Å²) in [7, 11) is 0. The fourth-order valence-corrected chi connectivity index (χ4v) is 3.12. The number of rotatable bonds is 5. The topological polar surface area (TPSA) is 61.4 Å². The molecule has 1 fully saturated rings. The minimum absolute atomic E-state index is 0.144. The molecule has 1 heterocycles. The maximum Gasteiger partial charge on any atom is 0.246 e. The summed E-state index contributed by atoms with van der Waals surface area (Å²) in [5.41, 5.74) is 3.38. The Morgan fingerprint density at radius 1 is 1.19 bits per heavy atom. The molecule has 2 aromatic carbocycles. The molecule has 0 radical (unpaired) electrons. The highest BCUT2D eigenvalue weighted by atomic mass is 35.5. The molecule has 2 aromatic rings. The second kappa shape index (κ2) is 7.79. The number of nitrogens with one attached hydrogen (secondary N) is 2. The van der Waals surface area contributed by atoms with Gasteiger partial charge in [0.1, 0.15) is 6.04 Å². The van der Waals surface area contributed by atoms with Gasteiger partial charge in [0.2, 0.25) is 11.8 Å². The van der Waals surface area contributed by atoms with E-state index in [4.69, 9.17) is 11.6 Å². The minimum atomic E-state index is -0.423. The number of hydrogen-bond donors (Lipinski definition) is 2. The molecule has 2 amide bonds. The second-order valence-corrected chi connectivity index (χ2v) is 6.95. The molecule has 0 aliphatic carbocycles. The van der Waals surface area contributed by atoms with Gasteiger partial charge in [-0.3, -0.25) is 9.59 Å². The molecular formula is C20H22ClN3O2. The van der Waals surface area contributed by atoms with E-state index in [1.807, 2.05) is 37.3 Å². The molecule has 0 bridgehead atoms. The summed E-state index contributed by atoms with van der Waals surface area (Å²) in [6.45, 7) is 4.49. The average molecular weight is 372 g/mol. The van der Waals surface area contributed by atoms with Crippen molar-refractivity contribution in [2.75, 3.05) is 22.1 Å². The third kappa shape index (κ3) is 4.17. The van der Waals surface area contributed by atoms with E-state index in [-0.39, 0.29) is 11.8 Å². The highest BCUT2D eigenvalue weighted by molar-refractivity contribution is 6.31. The molecule has 1 atom stereocenters. The van der Waals surface area contributed by atoms with Crippen LogP contribution in [0.3, 0.4) is 0 Å². The number of halogens is 1. The number of hydrogen-bond acceptors (Lipinski definition) is 3. The van der Waals surface area contributed by atoms with Crippen molar-refractivity contribution in [3.8, 4) is 0 Å². The molecular weight excluding hydrogens is 350 g/mol. The smallest absolute Gasteiger partial charge is 0.246 e. The van der Waals surface area contributed by atoms with Gasteiger partial charge in [0.05, 0.1) is 0 Å². The first kappa shape index (κ1) is 18.3. The summed E-state index contributed by atoms with van der Waals surface area (Å²) in [5.74, 6) is 0.0181. The van der Waals surface area contributed by atoms with Crippen LogP contribution in [0.4, 0.5) is 17.1 Å². The molecule has 136 valence electrons. The van der Waals surface area contributed by atoms with Crippen LogP contribution in [0.1, 0.15) is 25.3 Å². The Hall–Kier alpha value is -2.53. The molecule has 0 saturated carbocycles. The highest BCUT2D eigenvalue weighted by Gasteiger charge is 2.21. The Kier molecular flexibility index (Phi) is 5.47. The standard InChI is InChI=1S/C20H22ClN3O2/c1-13-5-6-15(21)12-18(13)23-20(26)14(2)22-16-7-9-17(10-8-16)24-11-3-4-19(24)25/h5-10,12,14,22H,3-4,11H2,1-2H3,(H,23,26)/t14-/m0/s1. The number of carbonyl (C=O) groups is 2. The van der Waals surface area contributed by atoms with Gasteiger partial charge in [0.15, 0.2) is 0 Å². The van der Waals surface area contributed by atoms with E-state index < -0.39 is 6.04 Å². The number of carbonyl (C=O) groups excluding carboxylic acids is 2. The van der Waals surface area contributed by atoms with Crippen molar-refractivity contribution in [3.63, 3.8) is 0 Å². The van der Waals surface area contributed by atoms with Crippen LogP contribution in [-0.2, 0) is 9.59 Å². The fourth-order valence-electron chi connectivity index (χ4n) is 2.94. The zero-order valence-corrected chi connectivity index (χ0v) is 15.6. The number of amides is 2. The molecule has 6 heteroatoms. The lowest BCUT2D eigenvalue weighted by atomic mass is 10.2. The van der Waals surface area contributed by atoms with E-state index in [0.717, 1.165) is 29.9 Å². The zero-order valence-electron chi connectivity index (χ0n) is 14.9. The zero-order chi connectivity index (χ0) is 18.7. The predicted molar refractivity (Wildman–Crippen MR) is 106 cm³/mol. The lowest BCUT2D eigenvalue weighted by Crippen LogP contribution is -2.32. The van der Waals surface area contributed by atoms with Crippen molar-refractivity contribution in [3.05, 3.63) is 53.1 Å². The molecule has 5 nitrogen and oxygen atoms in total. The maximum atomic E-state index is 12.4. The van der Waals surface area contributed by atoms with Crippen LogP contribution in [-0.4, -0.2) is 24.4 Å². The summed E-state index contributed by atoms with van der Waals surface area (Å²) >= 11 is 5.99. The Balaban J connectivity index is 1.62. The lowest BCUT2D eigenvalue weighted by molar-refractivity contribution is -0.117. The lowest BCUT2D eigenvalue weighted by Gasteiger charge is -2.18. The van der Waals surface area contributed by atoms with Crippen molar-refractivity contribution in [2.45, 2.75) is 32.7 Å². The SMILES string of the molecule is Cc1ccc(Cl)cc1NC(=O)[C@H](C)Nc1ccc(N2CCCC2=O)cc1. The van der Waals surface area contributed by atoms with Gasteiger partial charge in [0.25, 0.3) is 0 Å². The van der Waals surface area contributed by atoms with E-state index in [0.29, 0.717) is 17.1 Å².